The summed E-state index contributed by atoms with van der Waals surface area (Å²) in [5, 5.41) is 13.4. The molecule has 0 bridgehead atoms. The molecule has 1 aliphatic heterocycles. The normalized spacial score (nSPS) is 11.9. The first-order chi connectivity index (χ1) is 21.8. The molecule has 14 heteroatoms. The molecule has 1 aliphatic rings. The number of ether oxygens (including phenoxy) is 4. The van der Waals surface area contributed by atoms with Gasteiger partial charge in [0.15, 0.2) is 34.0 Å². The zero-order valence-corrected chi connectivity index (χ0v) is 26.3. The van der Waals surface area contributed by atoms with Crippen molar-refractivity contribution in [3.05, 3.63) is 58.0 Å². The second-order valence-electron chi connectivity index (χ2n) is 10.4. The maximum absolute atomic E-state index is 13.6. The van der Waals surface area contributed by atoms with Crippen LogP contribution in [0.2, 0.25) is 0 Å². The van der Waals surface area contributed by atoms with Gasteiger partial charge >= 0.3 is 0 Å². The van der Waals surface area contributed by atoms with E-state index in [1.54, 1.807) is 37.0 Å². The van der Waals surface area contributed by atoms with Gasteiger partial charge in [0.25, 0.3) is 5.56 Å². The Bertz CT molecular complexity index is 1740. The number of thioether (sulfide) groups is 1. The van der Waals surface area contributed by atoms with E-state index in [1.165, 1.54) is 11.8 Å². The molecular formula is C31H36N6O7S. The lowest BCUT2D eigenvalue weighted by atomic mass is 10.1. The highest BCUT2D eigenvalue weighted by atomic mass is 32.2. The average molecular weight is 637 g/mol. The van der Waals surface area contributed by atoms with Crippen molar-refractivity contribution in [3.8, 4) is 23.0 Å². The number of amides is 2. The molecule has 0 saturated heterocycles. The van der Waals surface area contributed by atoms with E-state index in [4.69, 9.17) is 23.9 Å². The number of hydrogen-bond acceptors (Lipinski definition) is 10. The summed E-state index contributed by atoms with van der Waals surface area (Å²) >= 11 is 1.17. The van der Waals surface area contributed by atoms with Crippen LogP contribution in [0.3, 0.4) is 0 Å². The summed E-state index contributed by atoms with van der Waals surface area (Å²) in [4.78, 5) is 43.3. The molecule has 0 radical (unpaired) electrons. The maximum Gasteiger partial charge on any atom is 0.262 e. The summed E-state index contributed by atoms with van der Waals surface area (Å²) in [6.45, 7) is 2.82. The van der Waals surface area contributed by atoms with E-state index in [9.17, 15) is 14.4 Å². The zero-order valence-electron chi connectivity index (χ0n) is 25.4. The molecular weight excluding hydrogens is 600 g/mol. The molecule has 0 fully saturated rings. The van der Waals surface area contributed by atoms with Gasteiger partial charge in [0.2, 0.25) is 18.6 Å². The van der Waals surface area contributed by atoms with E-state index in [1.807, 2.05) is 25.1 Å². The van der Waals surface area contributed by atoms with Crippen molar-refractivity contribution in [2.24, 2.45) is 0 Å². The molecule has 4 aromatic rings. The van der Waals surface area contributed by atoms with E-state index in [-0.39, 0.29) is 29.9 Å². The Morgan fingerprint density at radius 2 is 1.82 bits per heavy atom. The average Bonchev–Trinajstić information content (AvgIpc) is 3.67. The number of aromatic nitrogens is 4. The number of rotatable bonds is 15. The van der Waals surface area contributed by atoms with Gasteiger partial charge < -0.3 is 29.6 Å². The van der Waals surface area contributed by atoms with E-state index in [0.29, 0.717) is 83.6 Å². The lowest BCUT2D eigenvalue weighted by Crippen LogP contribution is -2.25. The molecule has 2 amide bonds. The van der Waals surface area contributed by atoms with Crippen LogP contribution in [0.1, 0.15) is 36.9 Å². The van der Waals surface area contributed by atoms with Crippen LogP contribution in [-0.2, 0) is 22.6 Å². The van der Waals surface area contributed by atoms with Crippen LogP contribution < -0.4 is 35.1 Å². The molecule has 13 nitrogen and oxygen atoms in total. The van der Waals surface area contributed by atoms with E-state index in [0.717, 1.165) is 17.7 Å². The van der Waals surface area contributed by atoms with Crippen LogP contribution in [-0.4, -0.2) is 64.9 Å². The predicted octanol–water partition coefficient (Wildman–Crippen LogP) is 3.82. The number of carbonyl (C=O) groups is 2. The van der Waals surface area contributed by atoms with Crippen LogP contribution in [0.4, 0.5) is 5.82 Å². The number of H-pyrrole nitrogens is 1. The predicted molar refractivity (Wildman–Crippen MR) is 170 cm³/mol. The first kappa shape index (κ1) is 31.7. The van der Waals surface area contributed by atoms with Gasteiger partial charge in [0.1, 0.15) is 0 Å². The molecule has 2 aromatic heterocycles. The number of aryl methyl sites for hydroxylation is 1. The van der Waals surface area contributed by atoms with Crippen molar-refractivity contribution in [2.45, 2.75) is 50.7 Å². The van der Waals surface area contributed by atoms with Gasteiger partial charge in [-0.05, 0) is 49.9 Å². The number of nitrogens with zero attached hydrogens (tertiary/aromatic N) is 3. The fourth-order valence-electron chi connectivity index (χ4n) is 4.89. The van der Waals surface area contributed by atoms with Crippen molar-refractivity contribution in [1.29, 1.82) is 0 Å². The quantitative estimate of drug-likeness (QED) is 0.0995. The van der Waals surface area contributed by atoms with Crippen LogP contribution in [0.25, 0.3) is 10.9 Å². The third-order valence-corrected chi connectivity index (χ3v) is 8.17. The fraction of sp³-hybridized carbons (Fsp3) is 0.387. The molecule has 0 unspecified atom stereocenters. The minimum Gasteiger partial charge on any atom is -0.493 e. The topological polar surface area (TPSA) is 159 Å². The van der Waals surface area contributed by atoms with Gasteiger partial charge in [-0.25, -0.2) is 4.98 Å². The van der Waals surface area contributed by atoms with Crippen molar-refractivity contribution in [1.82, 2.24) is 25.1 Å². The van der Waals surface area contributed by atoms with Crippen molar-refractivity contribution in [3.63, 3.8) is 0 Å². The molecule has 0 saturated carbocycles. The molecule has 0 spiro atoms. The minimum absolute atomic E-state index is 0.0227. The largest absolute Gasteiger partial charge is 0.493 e. The number of nitrogens with one attached hydrogen (secondary N) is 3. The first-order valence-electron chi connectivity index (χ1n) is 14.6. The number of anilines is 1. The second-order valence-corrected chi connectivity index (χ2v) is 11.4. The lowest BCUT2D eigenvalue weighted by molar-refractivity contribution is -0.121. The smallest absolute Gasteiger partial charge is 0.262 e. The summed E-state index contributed by atoms with van der Waals surface area (Å²) < 4.78 is 23.1. The number of hydrogen-bond donors (Lipinski definition) is 3. The highest BCUT2D eigenvalue weighted by Gasteiger charge is 2.20. The van der Waals surface area contributed by atoms with E-state index >= 15 is 0 Å². The Morgan fingerprint density at radius 3 is 2.58 bits per heavy atom. The first-order valence-corrected chi connectivity index (χ1v) is 15.6. The summed E-state index contributed by atoms with van der Waals surface area (Å²) in [5.74, 6) is 2.52. The van der Waals surface area contributed by atoms with Gasteiger partial charge in [-0.15, -0.1) is 0 Å². The Kier molecular flexibility index (Phi) is 10.5. The van der Waals surface area contributed by atoms with E-state index < -0.39 is 0 Å². The highest BCUT2D eigenvalue weighted by molar-refractivity contribution is 7.99. The number of unbranched alkanes of at least 4 members (excludes halogenated alkanes) is 2. The van der Waals surface area contributed by atoms with Gasteiger partial charge in [0.05, 0.1) is 30.9 Å². The molecule has 0 atom stereocenters. The molecule has 45 heavy (non-hydrogen) atoms. The molecule has 3 N–H and O–H groups in total. The van der Waals surface area contributed by atoms with Gasteiger partial charge in [-0.3, -0.25) is 24.0 Å². The van der Waals surface area contributed by atoms with Crippen molar-refractivity contribution < 1.29 is 28.5 Å². The van der Waals surface area contributed by atoms with Crippen LogP contribution in [0.5, 0.6) is 23.0 Å². The second kappa shape index (κ2) is 14.8. The summed E-state index contributed by atoms with van der Waals surface area (Å²) in [6.07, 6.45) is 3.12. The number of methoxy groups -OCH3 is 2. The molecule has 0 aliphatic carbocycles. The van der Waals surface area contributed by atoms with Gasteiger partial charge in [0, 0.05) is 37.3 Å². The van der Waals surface area contributed by atoms with E-state index in [2.05, 4.69) is 20.8 Å². The molecule has 238 valence electrons. The third kappa shape index (κ3) is 8.06. The van der Waals surface area contributed by atoms with Crippen LogP contribution >= 0.6 is 11.8 Å². The van der Waals surface area contributed by atoms with Crippen LogP contribution in [0, 0.1) is 6.92 Å². The van der Waals surface area contributed by atoms with Crippen molar-refractivity contribution >= 4 is 40.3 Å². The fourth-order valence-corrected chi connectivity index (χ4v) is 5.72. The highest BCUT2D eigenvalue weighted by Crippen LogP contribution is 2.35. The zero-order chi connectivity index (χ0) is 31.8. The number of aromatic amines is 1. The molecule has 5 rings (SSSR count). The monoisotopic (exact) mass is 636 g/mol. The standard InChI is InChI=1S/C31H36N6O7S/c1-19-13-27(36-35-19)34-29(39)17-45-31-33-22-16-26-25(43-18-44-26)15-21(22)30(40)37(31)12-6-4-5-7-28(38)32-11-10-20-8-9-23(41-2)24(14-20)42-3/h8-9,13-16H,4-7,10-12,17-18H2,1-3H3,(H,32,38)(H2,34,35,36,39). The molecule has 2 aromatic carbocycles. The third-order valence-electron chi connectivity index (χ3n) is 7.19. The Hall–Kier alpha value is -4.72. The Labute approximate surface area is 264 Å². The SMILES string of the molecule is COc1ccc(CCNC(=O)CCCCCn2c(SCC(=O)Nc3cc(C)[nH]n3)nc3cc4c(cc3c2=O)OCO4)cc1OC. The summed E-state index contributed by atoms with van der Waals surface area (Å²) in [7, 11) is 3.18. The number of fused-ring (bicyclic) bond motifs is 2. The van der Waals surface area contributed by atoms with Crippen LogP contribution in [0.15, 0.2) is 46.3 Å². The van der Waals surface area contributed by atoms with Gasteiger partial charge in [-0.1, -0.05) is 24.2 Å². The lowest BCUT2D eigenvalue weighted by Gasteiger charge is -2.13. The van der Waals surface area contributed by atoms with Crippen molar-refractivity contribution in [2.75, 3.05) is 38.6 Å². The van der Waals surface area contributed by atoms with Gasteiger partial charge in [-0.2, -0.15) is 5.10 Å². The minimum atomic E-state index is -0.268. The summed E-state index contributed by atoms with van der Waals surface area (Å²) in [6, 6.07) is 10.8. The summed E-state index contributed by atoms with van der Waals surface area (Å²) in [5.41, 5.74) is 2.11. The Morgan fingerprint density at radius 1 is 1.02 bits per heavy atom. The number of benzene rings is 2. The number of carbonyl (C=O) groups excluding carboxylic acids is 2. The molecule has 3 heterocycles. The maximum atomic E-state index is 13.6. The Balaban J connectivity index is 1.15.